The number of rotatable bonds is 9. The molecule has 0 aliphatic carbocycles. The highest BCUT2D eigenvalue weighted by Gasteiger charge is 2.09. The molecular formula is C13H24N2OS. The quantitative estimate of drug-likeness (QED) is 0.686. The van der Waals surface area contributed by atoms with E-state index in [0.717, 1.165) is 32.8 Å². The normalized spacial score (nSPS) is 11.6. The molecule has 0 atom stereocenters. The van der Waals surface area contributed by atoms with Crippen molar-refractivity contribution < 1.29 is 4.74 Å². The molecule has 0 saturated heterocycles. The Morgan fingerprint density at radius 2 is 2.24 bits per heavy atom. The number of hydrogen-bond donors (Lipinski definition) is 1. The first-order valence-corrected chi connectivity index (χ1v) is 7.08. The molecule has 0 unspecified atom stereocenters. The lowest BCUT2D eigenvalue weighted by atomic mass is 10.3. The van der Waals surface area contributed by atoms with E-state index in [-0.39, 0.29) is 0 Å². The van der Waals surface area contributed by atoms with Crippen LogP contribution in [0.3, 0.4) is 0 Å². The van der Waals surface area contributed by atoms with Crippen molar-refractivity contribution in [3.63, 3.8) is 0 Å². The number of ether oxygens (including phenoxy) is 1. The largest absolute Gasteiger partial charge is 0.383 e. The fourth-order valence-corrected chi connectivity index (χ4v) is 2.37. The maximum absolute atomic E-state index is 5.01. The third kappa shape index (κ3) is 6.17. The lowest BCUT2D eigenvalue weighted by molar-refractivity contribution is 0.189. The lowest BCUT2D eigenvalue weighted by Crippen LogP contribution is -2.37. The molecule has 4 heteroatoms. The van der Waals surface area contributed by atoms with Crippen molar-refractivity contribution in [1.29, 1.82) is 0 Å². The topological polar surface area (TPSA) is 24.5 Å². The molecule has 98 valence electrons. The zero-order valence-electron chi connectivity index (χ0n) is 11.1. The first-order valence-electron chi connectivity index (χ1n) is 6.20. The van der Waals surface area contributed by atoms with Crippen LogP contribution in [0.25, 0.3) is 0 Å². The summed E-state index contributed by atoms with van der Waals surface area (Å²) in [6.45, 7) is 9.38. The molecule has 0 bridgehead atoms. The fraction of sp³-hybridized carbons (Fsp3) is 0.692. The van der Waals surface area contributed by atoms with Crippen LogP contribution < -0.4 is 5.32 Å². The first kappa shape index (κ1) is 14.6. The SMILES string of the molecule is COCCNCCN(Cc1cccs1)C(C)C. The standard InChI is InChI=1S/C13H24N2OS/c1-12(2)15(8-6-14-7-9-16-3)11-13-5-4-10-17-13/h4-5,10,12,14H,6-9,11H2,1-3H3. The minimum absolute atomic E-state index is 0.585. The highest BCUT2D eigenvalue weighted by atomic mass is 32.1. The van der Waals surface area contributed by atoms with Crippen LogP contribution in [0, 0.1) is 0 Å². The molecule has 0 aliphatic rings. The van der Waals surface area contributed by atoms with Crippen molar-refractivity contribution in [2.24, 2.45) is 0 Å². The molecule has 0 fully saturated rings. The van der Waals surface area contributed by atoms with Crippen LogP contribution in [-0.2, 0) is 11.3 Å². The van der Waals surface area contributed by atoms with Gasteiger partial charge in [-0.2, -0.15) is 0 Å². The summed E-state index contributed by atoms with van der Waals surface area (Å²) in [5, 5.41) is 5.53. The van der Waals surface area contributed by atoms with Crippen LogP contribution in [0.4, 0.5) is 0 Å². The van der Waals surface area contributed by atoms with E-state index in [0.29, 0.717) is 6.04 Å². The van der Waals surface area contributed by atoms with E-state index < -0.39 is 0 Å². The third-order valence-electron chi connectivity index (χ3n) is 2.73. The second kappa shape index (κ2) is 8.64. The molecule has 0 saturated carbocycles. The predicted molar refractivity (Wildman–Crippen MR) is 74.6 cm³/mol. The second-order valence-electron chi connectivity index (χ2n) is 4.39. The molecule has 0 spiro atoms. The molecule has 0 amide bonds. The highest BCUT2D eigenvalue weighted by Crippen LogP contribution is 2.13. The Labute approximate surface area is 109 Å². The van der Waals surface area contributed by atoms with E-state index in [1.54, 1.807) is 7.11 Å². The molecule has 0 radical (unpaired) electrons. The van der Waals surface area contributed by atoms with Gasteiger partial charge in [0.25, 0.3) is 0 Å². The van der Waals surface area contributed by atoms with Crippen molar-refractivity contribution in [3.05, 3.63) is 22.4 Å². The molecule has 1 heterocycles. The lowest BCUT2D eigenvalue weighted by Gasteiger charge is -2.26. The van der Waals surface area contributed by atoms with Gasteiger partial charge in [-0.05, 0) is 25.3 Å². The van der Waals surface area contributed by atoms with Gasteiger partial charge in [-0.15, -0.1) is 11.3 Å². The number of methoxy groups -OCH3 is 1. The smallest absolute Gasteiger partial charge is 0.0587 e. The summed E-state index contributed by atoms with van der Waals surface area (Å²) >= 11 is 1.83. The average Bonchev–Trinajstić information content (AvgIpc) is 2.79. The van der Waals surface area contributed by atoms with Crippen LogP contribution in [0.5, 0.6) is 0 Å². The van der Waals surface area contributed by atoms with Crippen molar-refractivity contribution in [3.8, 4) is 0 Å². The molecule has 1 aromatic rings. The van der Waals surface area contributed by atoms with E-state index >= 15 is 0 Å². The first-order chi connectivity index (χ1) is 8.24. The van der Waals surface area contributed by atoms with Crippen LogP contribution in [-0.4, -0.2) is 44.3 Å². The second-order valence-corrected chi connectivity index (χ2v) is 5.42. The predicted octanol–water partition coefficient (Wildman–Crippen LogP) is 2.19. The molecule has 3 nitrogen and oxygen atoms in total. The summed E-state index contributed by atoms with van der Waals surface area (Å²) < 4.78 is 5.01. The zero-order valence-corrected chi connectivity index (χ0v) is 11.9. The Kier molecular flexibility index (Phi) is 7.44. The molecule has 1 rings (SSSR count). The van der Waals surface area contributed by atoms with Gasteiger partial charge in [0.05, 0.1) is 6.61 Å². The fourth-order valence-electron chi connectivity index (χ4n) is 1.64. The van der Waals surface area contributed by atoms with E-state index in [1.165, 1.54) is 4.88 Å². The van der Waals surface area contributed by atoms with Gasteiger partial charge >= 0.3 is 0 Å². The van der Waals surface area contributed by atoms with Gasteiger partial charge in [0.2, 0.25) is 0 Å². The van der Waals surface area contributed by atoms with E-state index in [4.69, 9.17) is 4.74 Å². The Balaban J connectivity index is 2.24. The van der Waals surface area contributed by atoms with Gasteiger partial charge in [-0.3, -0.25) is 4.90 Å². The molecule has 1 aromatic heterocycles. The third-order valence-corrected chi connectivity index (χ3v) is 3.59. The minimum Gasteiger partial charge on any atom is -0.383 e. The summed E-state index contributed by atoms with van der Waals surface area (Å²) in [5.41, 5.74) is 0. The summed E-state index contributed by atoms with van der Waals surface area (Å²) in [5.74, 6) is 0. The van der Waals surface area contributed by atoms with E-state index in [1.807, 2.05) is 11.3 Å². The number of nitrogens with one attached hydrogen (secondary N) is 1. The van der Waals surface area contributed by atoms with Crippen LogP contribution in [0.15, 0.2) is 17.5 Å². The van der Waals surface area contributed by atoms with Gasteiger partial charge in [0.15, 0.2) is 0 Å². The van der Waals surface area contributed by atoms with Gasteiger partial charge in [-0.1, -0.05) is 6.07 Å². The molecule has 1 N–H and O–H groups in total. The molecule has 0 aliphatic heterocycles. The molecular weight excluding hydrogens is 232 g/mol. The van der Waals surface area contributed by atoms with E-state index in [9.17, 15) is 0 Å². The van der Waals surface area contributed by atoms with Gasteiger partial charge in [0, 0.05) is 44.2 Å². The highest BCUT2D eigenvalue weighted by molar-refractivity contribution is 7.09. The Morgan fingerprint density at radius 3 is 2.82 bits per heavy atom. The van der Waals surface area contributed by atoms with Crippen LogP contribution in [0.1, 0.15) is 18.7 Å². The van der Waals surface area contributed by atoms with Crippen molar-refractivity contribution in [2.75, 3.05) is 33.4 Å². The monoisotopic (exact) mass is 256 g/mol. The number of hydrogen-bond acceptors (Lipinski definition) is 4. The minimum atomic E-state index is 0.585. The maximum Gasteiger partial charge on any atom is 0.0587 e. The van der Waals surface area contributed by atoms with Crippen molar-refractivity contribution >= 4 is 11.3 Å². The summed E-state index contributed by atoms with van der Waals surface area (Å²) in [7, 11) is 1.74. The van der Waals surface area contributed by atoms with Gasteiger partial charge < -0.3 is 10.1 Å². The van der Waals surface area contributed by atoms with Crippen molar-refractivity contribution in [1.82, 2.24) is 10.2 Å². The maximum atomic E-state index is 5.01. The summed E-state index contributed by atoms with van der Waals surface area (Å²) in [6.07, 6.45) is 0. The number of thiophene rings is 1. The molecule has 0 aromatic carbocycles. The summed E-state index contributed by atoms with van der Waals surface area (Å²) in [6, 6.07) is 4.91. The van der Waals surface area contributed by atoms with Crippen LogP contribution >= 0.6 is 11.3 Å². The Bertz CT molecular complexity index is 275. The summed E-state index contributed by atoms with van der Waals surface area (Å²) in [4.78, 5) is 3.93. The average molecular weight is 256 g/mol. The zero-order chi connectivity index (χ0) is 12.5. The van der Waals surface area contributed by atoms with Crippen molar-refractivity contribution in [2.45, 2.75) is 26.4 Å². The number of nitrogens with zero attached hydrogens (tertiary/aromatic N) is 1. The molecule has 17 heavy (non-hydrogen) atoms. The van der Waals surface area contributed by atoms with E-state index in [2.05, 4.69) is 41.6 Å². The van der Waals surface area contributed by atoms with Crippen LogP contribution in [0.2, 0.25) is 0 Å². The Morgan fingerprint density at radius 1 is 1.41 bits per heavy atom. The Hall–Kier alpha value is -0.420. The van der Waals surface area contributed by atoms with Gasteiger partial charge in [-0.25, -0.2) is 0 Å². The van der Waals surface area contributed by atoms with Gasteiger partial charge in [0.1, 0.15) is 0 Å².